The van der Waals surface area contributed by atoms with Crippen molar-refractivity contribution in [3.63, 3.8) is 0 Å². The molecule has 6 heteroatoms. The topological polar surface area (TPSA) is 57.0 Å². The summed E-state index contributed by atoms with van der Waals surface area (Å²) >= 11 is 1.74. The summed E-state index contributed by atoms with van der Waals surface area (Å²) in [6.07, 6.45) is 1.06. The van der Waals surface area contributed by atoms with Gasteiger partial charge in [0.25, 0.3) is 0 Å². The zero-order valence-corrected chi connectivity index (χ0v) is 9.37. The van der Waals surface area contributed by atoms with E-state index in [9.17, 15) is 4.79 Å². The summed E-state index contributed by atoms with van der Waals surface area (Å²) in [6, 6.07) is 0. The zero-order valence-electron chi connectivity index (χ0n) is 8.55. The Morgan fingerprint density at radius 1 is 1.80 bits per heavy atom. The molecule has 2 rings (SSSR count). The zero-order chi connectivity index (χ0) is 10.7. The van der Waals surface area contributed by atoms with Crippen molar-refractivity contribution in [2.75, 3.05) is 18.1 Å². The molecular weight excluding hydrogens is 214 g/mol. The second-order valence-corrected chi connectivity index (χ2v) is 4.35. The molecule has 0 radical (unpaired) electrons. The van der Waals surface area contributed by atoms with Crippen LogP contribution in [0.15, 0.2) is 6.33 Å². The monoisotopic (exact) mass is 227 g/mol. The molecule has 1 saturated heterocycles. The van der Waals surface area contributed by atoms with Crippen molar-refractivity contribution in [3.05, 3.63) is 12.2 Å². The Morgan fingerprint density at radius 3 is 3.33 bits per heavy atom. The predicted octanol–water partition coefficient (Wildman–Crippen LogP) is 0.613. The lowest BCUT2D eigenvalue weighted by atomic mass is 10.2. The highest BCUT2D eigenvalue weighted by Crippen LogP contribution is 2.15. The minimum Gasteiger partial charge on any atom is -0.368 e. The highest BCUT2D eigenvalue weighted by molar-refractivity contribution is 7.99. The van der Waals surface area contributed by atoms with Crippen molar-refractivity contribution in [1.29, 1.82) is 0 Å². The molecule has 1 aliphatic rings. The molecule has 15 heavy (non-hydrogen) atoms. The smallest absolute Gasteiger partial charge is 0.229 e. The van der Waals surface area contributed by atoms with Gasteiger partial charge >= 0.3 is 0 Å². The molecule has 0 aliphatic carbocycles. The molecule has 0 amide bonds. The summed E-state index contributed by atoms with van der Waals surface area (Å²) < 4.78 is 7.01. The minimum absolute atomic E-state index is 0.0541. The van der Waals surface area contributed by atoms with Gasteiger partial charge in [0, 0.05) is 18.1 Å². The van der Waals surface area contributed by atoms with Gasteiger partial charge in [-0.25, -0.2) is 9.67 Å². The van der Waals surface area contributed by atoms with E-state index in [-0.39, 0.29) is 11.9 Å². The standard InChI is InChI=1S/C9H13N3O2S/c1-2-12-9(10-6-11-12)8(13)7-5-15-4-3-14-7/h6-7H,2-5H2,1H3. The second kappa shape index (κ2) is 4.76. The lowest BCUT2D eigenvalue weighted by Crippen LogP contribution is -2.33. The number of hydrogen-bond acceptors (Lipinski definition) is 5. The molecular formula is C9H13N3O2S. The summed E-state index contributed by atoms with van der Waals surface area (Å²) in [6.45, 7) is 3.23. The maximum absolute atomic E-state index is 12.0. The van der Waals surface area contributed by atoms with E-state index in [2.05, 4.69) is 10.1 Å². The summed E-state index contributed by atoms with van der Waals surface area (Å²) in [5.74, 6) is 2.03. The van der Waals surface area contributed by atoms with Crippen molar-refractivity contribution in [3.8, 4) is 0 Å². The van der Waals surface area contributed by atoms with Gasteiger partial charge in [-0.05, 0) is 6.92 Å². The molecule has 1 unspecified atom stereocenters. The van der Waals surface area contributed by atoms with E-state index >= 15 is 0 Å². The molecule has 0 spiro atoms. The van der Waals surface area contributed by atoms with Crippen molar-refractivity contribution >= 4 is 17.5 Å². The number of nitrogens with zero attached hydrogens (tertiary/aromatic N) is 3. The third-order valence-electron chi connectivity index (χ3n) is 2.24. The molecule has 0 bridgehead atoms. The molecule has 5 nitrogen and oxygen atoms in total. The first kappa shape index (κ1) is 10.6. The van der Waals surface area contributed by atoms with Gasteiger partial charge in [-0.1, -0.05) is 0 Å². The van der Waals surface area contributed by atoms with E-state index in [1.807, 2.05) is 6.92 Å². The van der Waals surface area contributed by atoms with Crippen LogP contribution in [0.3, 0.4) is 0 Å². The van der Waals surface area contributed by atoms with Crippen LogP contribution in [0.2, 0.25) is 0 Å². The number of aryl methyl sites for hydroxylation is 1. The van der Waals surface area contributed by atoms with Crippen LogP contribution in [0.4, 0.5) is 0 Å². The largest absolute Gasteiger partial charge is 0.368 e. The van der Waals surface area contributed by atoms with Crippen molar-refractivity contribution < 1.29 is 9.53 Å². The number of carbonyl (C=O) groups is 1. The number of aromatic nitrogens is 3. The van der Waals surface area contributed by atoms with Gasteiger partial charge in [-0.15, -0.1) is 0 Å². The van der Waals surface area contributed by atoms with Crippen LogP contribution < -0.4 is 0 Å². The number of hydrogen-bond donors (Lipinski definition) is 0. The highest BCUT2D eigenvalue weighted by Gasteiger charge is 2.26. The molecule has 1 aromatic rings. The van der Waals surface area contributed by atoms with E-state index in [1.54, 1.807) is 16.4 Å². The molecule has 82 valence electrons. The van der Waals surface area contributed by atoms with Gasteiger partial charge in [0.1, 0.15) is 12.4 Å². The first-order valence-electron chi connectivity index (χ1n) is 4.94. The van der Waals surface area contributed by atoms with E-state index in [4.69, 9.17) is 4.74 Å². The first-order chi connectivity index (χ1) is 7.33. The van der Waals surface area contributed by atoms with Crippen molar-refractivity contribution in [1.82, 2.24) is 14.8 Å². The molecule has 0 N–H and O–H groups in total. The summed E-state index contributed by atoms with van der Waals surface area (Å²) in [5, 5.41) is 3.97. The Balaban J connectivity index is 2.12. The molecule has 2 heterocycles. The Kier molecular flexibility index (Phi) is 3.37. The van der Waals surface area contributed by atoms with E-state index in [0.717, 1.165) is 11.5 Å². The predicted molar refractivity (Wildman–Crippen MR) is 57.1 cm³/mol. The summed E-state index contributed by atoms with van der Waals surface area (Å²) in [7, 11) is 0. The van der Waals surface area contributed by atoms with Crippen LogP contribution in [0.25, 0.3) is 0 Å². The number of Topliss-reactive ketones (excluding diaryl/α,β-unsaturated/α-hetero) is 1. The Hall–Kier alpha value is -0.880. The van der Waals surface area contributed by atoms with Crippen molar-refractivity contribution in [2.45, 2.75) is 19.6 Å². The summed E-state index contributed by atoms with van der Waals surface area (Å²) in [4.78, 5) is 16.0. The van der Waals surface area contributed by atoms with E-state index in [0.29, 0.717) is 19.0 Å². The fourth-order valence-corrected chi connectivity index (χ4v) is 2.31. The van der Waals surface area contributed by atoms with Gasteiger partial charge in [0.15, 0.2) is 5.82 Å². The average Bonchev–Trinajstić information content (AvgIpc) is 2.77. The lowest BCUT2D eigenvalue weighted by Gasteiger charge is -2.20. The maximum atomic E-state index is 12.0. The third-order valence-corrected chi connectivity index (χ3v) is 3.24. The molecule has 1 fully saturated rings. The van der Waals surface area contributed by atoms with Crippen LogP contribution in [0.1, 0.15) is 17.5 Å². The quantitative estimate of drug-likeness (QED) is 0.708. The van der Waals surface area contributed by atoms with E-state index < -0.39 is 0 Å². The van der Waals surface area contributed by atoms with Crippen LogP contribution in [-0.4, -0.2) is 44.8 Å². The number of carbonyl (C=O) groups excluding carboxylic acids is 1. The minimum atomic E-state index is -0.349. The average molecular weight is 227 g/mol. The Bertz CT molecular complexity index is 347. The van der Waals surface area contributed by atoms with Gasteiger partial charge < -0.3 is 4.74 Å². The van der Waals surface area contributed by atoms with Crippen LogP contribution in [0.5, 0.6) is 0 Å². The van der Waals surface area contributed by atoms with Gasteiger partial charge in [-0.2, -0.15) is 16.9 Å². The number of rotatable bonds is 3. The maximum Gasteiger partial charge on any atom is 0.229 e. The number of ketones is 1. The van der Waals surface area contributed by atoms with Gasteiger partial charge in [-0.3, -0.25) is 4.79 Å². The Labute approximate surface area is 92.2 Å². The van der Waals surface area contributed by atoms with Crippen molar-refractivity contribution in [2.24, 2.45) is 0 Å². The van der Waals surface area contributed by atoms with Crippen LogP contribution in [-0.2, 0) is 11.3 Å². The van der Waals surface area contributed by atoms with Crippen LogP contribution in [0, 0.1) is 0 Å². The first-order valence-corrected chi connectivity index (χ1v) is 6.09. The fraction of sp³-hybridized carbons (Fsp3) is 0.667. The molecule has 0 aromatic carbocycles. The molecule has 1 aliphatic heterocycles. The highest BCUT2D eigenvalue weighted by atomic mass is 32.2. The fourth-order valence-electron chi connectivity index (χ4n) is 1.47. The molecule has 0 saturated carbocycles. The number of ether oxygens (including phenoxy) is 1. The third kappa shape index (κ3) is 2.21. The van der Waals surface area contributed by atoms with Gasteiger partial charge in [0.05, 0.1) is 6.61 Å². The summed E-state index contributed by atoms with van der Waals surface area (Å²) in [5.41, 5.74) is 0. The van der Waals surface area contributed by atoms with E-state index in [1.165, 1.54) is 6.33 Å². The lowest BCUT2D eigenvalue weighted by molar-refractivity contribution is 0.0504. The second-order valence-electron chi connectivity index (χ2n) is 3.20. The normalized spacial score (nSPS) is 21.5. The van der Waals surface area contributed by atoms with Crippen LogP contribution >= 0.6 is 11.8 Å². The molecule has 1 aromatic heterocycles. The Morgan fingerprint density at radius 2 is 2.67 bits per heavy atom. The molecule has 1 atom stereocenters. The SMILES string of the molecule is CCn1ncnc1C(=O)C1CSCCO1. The van der Waals surface area contributed by atoms with Gasteiger partial charge in [0.2, 0.25) is 5.78 Å². The number of thioether (sulfide) groups is 1.